The summed E-state index contributed by atoms with van der Waals surface area (Å²) in [7, 11) is 1.80. The van der Waals surface area contributed by atoms with Crippen LogP contribution in [0.1, 0.15) is 20.8 Å². The highest BCUT2D eigenvalue weighted by atomic mass is 79.9. The monoisotopic (exact) mass is 338 g/mol. The van der Waals surface area contributed by atoms with Crippen LogP contribution in [0.5, 0.6) is 0 Å². The maximum atomic E-state index is 12.4. The summed E-state index contributed by atoms with van der Waals surface area (Å²) in [5, 5.41) is 2.04. The van der Waals surface area contributed by atoms with Crippen molar-refractivity contribution in [1.29, 1.82) is 0 Å². The molecule has 0 atom stereocenters. The van der Waals surface area contributed by atoms with E-state index < -0.39 is 0 Å². The van der Waals surface area contributed by atoms with Crippen LogP contribution in [0.15, 0.2) is 34.1 Å². The molecule has 0 aliphatic carbocycles. The van der Waals surface area contributed by atoms with Crippen molar-refractivity contribution in [2.24, 2.45) is 0 Å². The van der Waals surface area contributed by atoms with Crippen LogP contribution in [0, 0.1) is 6.92 Å². The zero-order valence-corrected chi connectivity index (χ0v) is 13.2. The van der Waals surface area contributed by atoms with E-state index in [2.05, 4.69) is 28.9 Å². The Kier molecular flexibility index (Phi) is 4.27. The molecule has 3 nitrogen and oxygen atoms in total. The molecular weight excluding hydrogens is 324 g/mol. The Hall–Kier alpha value is -1.33. The van der Waals surface area contributed by atoms with Crippen molar-refractivity contribution in [2.75, 3.05) is 12.8 Å². The minimum absolute atomic E-state index is 0.0352. The van der Waals surface area contributed by atoms with Gasteiger partial charge in [0.05, 0.1) is 12.1 Å². The maximum absolute atomic E-state index is 12.4. The molecule has 0 spiro atoms. The van der Waals surface area contributed by atoms with Gasteiger partial charge in [0.15, 0.2) is 0 Å². The summed E-state index contributed by atoms with van der Waals surface area (Å²) < 4.78 is 0.765. The summed E-state index contributed by atoms with van der Waals surface area (Å²) >= 11 is 5.06. The highest BCUT2D eigenvalue weighted by Gasteiger charge is 2.16. The van der Waals surface area contributed by atoms with Gasteiger partial charge in [-0.25, -0.2) is 0 Å². The number of carbonyl (C=O) groups excluding carboxylic acids is 1. The normalized spacial score (nSPS) is 10.5. The minimum atomic E-state index is -0.0352. The third kappa shape index (κ3) is 3.16. The van der Waals surface area contributed by atoms with Crippen molar-refractivity contribution < 1.29 is 4.79 Å². The molecule has 5 heteroatoms. The number of amides is 1. The van der Waals surface area contributed by atoms with Crippen molar-refractivity contribution in [3.05, 3.63) is 50.1 Å². The number of anilines is 1. The van der Waals surface area contributed by atoms with E-state index in [1.54, 1.807) is 41.5 Å². The number of aryl methyl sites for hydroxylation is 1. The molecule has 1 aromatic carbocycles. The van der Waals surface area contributed by atoms with Gasteiger partial charge in [0.1, 0.15) is 0 Å². The van der Waals surface area contributed by atoms with Gasteiger partial charge in [-0.05, 0) is 58.1 Å². The lowest BCUT2D eigenvalue weighted by Gasteiger charge is -2.18. The van der Waals surface area contributed by atoms with E-state index in [1.807, 2.05) is 5.38 Å². The molecule has 0 aliphatic heterocycles. The molecule has 100 valence electrons. The number of hydrogen-bond acceptors (Lipinski definition) is 3. The Labute approximate surface area is 125 Å². The highest BCUT2D eigenvalue weighted by Crippen LogP contribution is 2.23. The number of halogens is 1. The Bertz CT molecular complexity index is 609. The van der Waals surface area contributed by atoms with Crippen molar-refractivity contribution in [3.8, 4) is 0 Å². The lowest BCUT2D eigenvalue weighted by atomic mass is 10.1. The third-order valence-electron chi connectivity index (χ3n) is 2.92. The van der Waals surface area contributed by atoms with E-state index in [1.165, 1.54) is 10.4 Å². The number of nitrogens with two attached hydrogens (primary N) is 1. The number of carbonyl (C=O) groups is 1. The summed E-state index contributed by atoms with van der Waals surface area (Å²) in [6.07, 6.45) is 0. The molecule has 0 fully saturated rings. The first-order chi connectivity index (χ1) is 8.99. The van der Waals surface area contributed by atoms with Gasteiger partial charge in [0, 0.05) is 22.1 Å². The summed E-state index contributed by atoms with van der Waals surface area (Å²) in [4.78, 5) is 15.3. The van der Waals surface area contributed by atoms with E-state index in [4.69, 9.17) is 5.73 Å². The maximum Gasteiger partial charge on any atom is 0.255 e. The van der Waals surface area contributed by atoms with E-state index in [0.29, 0.717) is 17.8 Å². The molecule has 0 saturated heterocycles. The smallest absolute Gasteiger partial charge is 0.255 e. The van der Waals surface area contributed by atoms with Gasteiger partial charge in [-0.3, -0.25) is 4.79 Å². The van der Waals surface area contributed by atoms with Crippen LogP contribution in [-0.4, -0.2) is 17.9 Å². The van der Waals surface area contributed by atoms with Gasteiger partial charge < -0.3 is 10.6 Å². The number of rotatable bonds is 3. The van der Waals surface area contributed by atoms with Crippen LogP contribution in [0.4, 0.5) is 5.69 Å². The Morgan fingerprint density at radius 1 is 1.42 bits per heavy atom. The molecule has 2 aromatic rings. The number of nitrogens with zero attached hydrogens (tertiary/aromatic N) is 1. The fraction of sp³-hybridized carbons (Fsp3) is 0.214. The second kappa shape index (κ2) is 5.75. The molecular formula is C14H15BrN2OS. The molecule has 1 aromatic heterocycles. The predicted octanol–water partition coefficient (Wildman–Crippen LogP) is 3.67. The minimum Gasteiger partial charge on any atom is -0.399 e. The first-order valence-corrected chi connectivity index (χ1v) is 7.49. The van der Waals surface area contributed by atoms with Gasteiger partial charge in [-0.2, -0.15) is 0 Å². The van der Waals surface area contributed by atoms with Gasteiger partial charge in [0.2, 0.25) is 0 Å². The lowest BCUT2D eigenvalue weighted by molar-refractivity contribution is 0.0785. The highest BCUT2D eigenvalue weighted by molar-refractivity contribution is 9.10. The Morgan fingerprint density at radius 3 is 2.79 bits per heavy atom. The van der Waals surface area contributed by atoms with Crippen molar-refractivity contribution in [3.63, 3.8) is 0 Å². The molecule has 0 bridgehead atoms. The largest absolute Gasteiger partial charge is 0.399 e. The van der Waals surface area contributed by atoms with Crippen molar-refractivity contribution in [1.82, 2.24) is 4.90 Å². The molecule has 2 N–H and O–H groups in total. The summed E-state index contributed by atoms with van der Waals surface area (Å²) in [6.45, 7) is 2.67. The van der Waals surface area contributed by atoms with Gasteiger partial charge in [0.25, 0.3) is 5.91 Å². The summed E-state index contributed by atoms with van der Waals surface area (Å²) in [5.74, 6) is -0.0352. The van der Waals surface area contributed by atoms with Crippen molar-refractivity contribution in [2.45, 2.75) is 13.5 Å². The van der Waals surface area contributed by atoms with Crippen LogP contribution >= 0.6 is 27.3 Å². The van der Waals surface area contributed by atoms with Crippen molar-refractivity contribution >= 4 is 38.9 Å². The van der Waals surface area contributed by atoms with Crippen LogP contribution in [0.25, 0.3) is 0 Å². The molecule has 1 heterocycles. The number of nitrogen functional groups attached to an aromatic ring is 1. The topological polar surface area (TPSA) is 46.3 Å². The molecule has 0 aliphatic rings. The number of hydrogen-bond donors (Lipinski definition) is 1. The molecule has 2 rings (SSSR count). The van der Waals surface area contributed by atoms with Gasteiger partial charge >= 0.3 is 0 Å². The van der Waals surface area contributed by atoms with Gasteiger partial charge in [-0.15, -0.1) is 11.3 Å². The fourth-order valence-electron chi connectivity index (χ4n) is 1.77. The zero-order valence-electron chi connectivity index (χ0n) is 10.8. The number of benzene rings is 1. The molecule has 0 unspecified atom stereocenters. The average molecular weight is 339 g/mol. The van der Waals surface area contributed by atoms with Gasteiger partial charge in [-0.1, -0.05) is 0 Å². The zero-order chi connectivity index (χ0) is 14.0. The molecule has 0 saturated carbocycles. The fourth-order valence-corrected chi connectivity index (χ4v) is 3.14. The summed E-state index contributed by atoms with van der Waals surface area (Å²) in [6, 6.07) is 7.33. The Morgan fingerprint density at radius 2 is 2.16 bits per heavy atom. The van der Waals surface area contributed by atoms with Crippen LogP contribution in [0.2, 0.25) is 0 Å². The first-order valence-electron chi connectivity index (χ1n) is 5.82. The second-order valence-corrected chi connectivity index (χ2v) is 6.28. The second-order valence-electron chi connectivity index (χ2n) is 4.43. The van der Waals surface area contributed by atoms with E-state index >= 15 is 0 Å². The first kappa shape index (κ1) is 14.1. The van der Waals surface area contributed by atoms with E-state index in [-0.39, 0.29) is 5.91 Å². The lowest BCUT2D eigenvalue weighted by Crippen LogP contribution is -2.26. The molecule has 1 amide bonds. The van der Waals surface area contributed by atoms with E-state index in [0.717, 1.165) is 4.47 Å². The van der Waals surface area contributed by atoms with Crippen LogP contribution < -0.4 is 5.73 Å². The van der Waals surface area contributed by atoms with E-state index in [9.17, 15) is 4.79 Å². The van der Waals surface area contributed by atoms with Crippen LogP contribution in [0.3, 0.4) is 0 Å². The standard InChI is InChI=1S/C14H15BrN2OS/c1-9-5-6-19-13(9)8-17(2)14(18)11-7-10(16)3-4-12(11)15/h3-7H,8,16H2,1-2H3. The summed E-state index contributed by atoms with van der Waals surface area (Å²) in [5.41, 5.74) is 8.14. The quantitative estimate of drug-likeness (QED) is 0.868. The van der Waals surface area contributed by atoms with Crippen LogP contribution in [-0.2, 0) is 6.54 Å². The molecule has 19 heavy (non-hydrogen) atoms. The molecule has 0 radical (unpaired) electrons. The SMILES string of the molecule is Cc1ccsc1CN(C)C(=O)c1cc(N)ccc1Br. The number of thiophene rings is 1. The Balaban J connectivity index is 2.19. The third-order valence-corrected chi connectivity index (χ3v) is 4.62. The average Bonchev–Trinajstić information content (AvgIpc) is 2.77. The predicted molar refractivity (Wildman–Crippen MR) is 83.4 cm³/mol.